The minimum absolute atomic E-state index is 0.0594. The van der Waals surface area contributed by atoms with Crippen molar-refractivity contribution >= 4 is 24.1 Å². The van der Waals surface area contributed by atoms with Crippen molar-refractivity contribution in [3.05, 3.63) is 23.8 Å². The lowest BCUT2D eigenvalue weighted by molar-refractivity contribution is 0.00578. The molecule has 4 nitrogen and oxygen atoms in total. The molecule has 0 aromatic heterocycles. The first-order valence-corrected chi connectivity index (χ1v) is 6.40. The Kier molecular flexibility index (Phi) is 3.23. The smallest absolute Gasteiger partial charge is 0.399 e. The normalized spacial score (nSPS) is 20.6. The van der Waals surface area contributed by atoms with E-state index in [1.807, 2.05) is 33.8 Å². The predicted molar refractivity (Wildman–Crippen MR) is 76.6 cm³/mol. The van der Waals surface area contributed by atoms with Crippen LogP contribution in [0.4, 0.5) is 5.69 Å². The molecule has 0 bridgehead atoms. The second kappa shape index (κ2) is 4.35. The minimum Gasteiger partial charge on any atom is -0.399 e. The van der Waals surface area contributed by atoms with Gasteiger partial charge >= 0.3 is 7.12 Å². The second-order valence-electron chi connectivity index (χ2n) is 5.99. The fraction of sp³-hybridized carbons (Fsp3) is 0.500. The summed E-state index contributed by atoms with van der Waals surface area (Å²) in [6.45, 7) is 9.48. The van der Waals surface area contributed by atoms with Gasteiger partial charge in [-0.2, -0.15) is 0 Å². The van der Waals surface area contributed by atoms with Crippen LogP contribution in [0.3, 0.4) is 0 Å². The highest BCUT2D eigenvalue weighted by Crippen LogP contribution is 2.36. The largest absolute Gasteiger partial charge is 0.494 e. The average molecular weight is 261 g/mol. The van der Waals surface area contributed by atoms with E-state index >= 15 is 0 Å². The molecular formula is C14H20BNO3. The molecule has 1 heterocycles. The van der Waals surface area contributed by atoms with Crippen LogP contribution in [0.15, 0.2) is 18.2 Å². The highest BCUT2D eigenvalue weighted by atomic mass is 16.7. The zero-order chi connectivity index (χ0) is 14.4. The molecule has 1 aromatic rings. The van der Waals surface area contributed by atoms with Crippen LogP contribution in [0.2, 0.25) is 0 Å². The fourth-order valence-corrected chi connectivity index (χ4v) is 2.00. The van der Waals surface area contributed by atoms with Gasteiger partial charge in [-0.25, -0.2) is 0 Å². The number of ketones is 1. The molecule has 1 saturated heterocycles. The number of Topliss-reactive ketones (excluding diaryl/α,β-unsaturated/α-hetero) is 1. The van der Waals surface area contributed by atoms with Crippen molar-refractivity contribution < 1.29 is 14.1 Å². The lowest BCUT2D eigenvalue weighted by Crippen LogP contribution is -2.41. The Bertz CT molecular complexity index is 509. The quantitative estimate of drug-likeness (QED) is 0.500. The Hall–Kier alpha value is -1.33. The van der Waals surface area contributed by atoms with Gasteiger partial charge in [-0.3, -0.25) is 4.79 Å². The van der Waals surface area contributed by atoms with Crippen molar-refractivity contribution in [2.75, 3.05) is 5.73 Å². The number of hydrogen-bond acceptors (Lipinski definition) is 4. The topological polar surface area (TPSA) is 61.5 Å². The second-order valence-corrected chi connectivity index (χ2v) is 5.99. The van der Waals surface area contributed by atoms with Gasteiger partial charge in [0.15, 0.2) is 5.78 Å². The van der Waals surface area contributed by atoms with Crippen LogP contribution in [-0.4, -0.2) is 24.1 Å². The van der Waals surface area contributed by atoms with E-state index in [9.17, 15) is 4.79 Å². The van der Waals surface area contributed by atoms with Crippen LogP contribution in [0.25, 0.3) is 0 Å². The van der Waals surface area contributed by atoms with E-state index in [0.717, 1.165) is 5.46 Å². The molecule has 0 spiro atoms. The number of nitrogens with two attached hydrogens (primary N) is 1. The molecule has 0 aliphatic carbocycles. The molecule has 0 saturated carbocycles. The van der Waals surface area contributed by atoms with E-state index in [-0.39, 0.29) is 5.78 Å². The van der Waals surface area contributed by atoms with Crippen LogP contribution in [0.5, 0.6) is 0 Å². The Morgan fingerprint density at radius 3 is 2.16 bits per heavy atom. The molecule has 1 aliphatic heterocycles. The lowest BCUT2D eigenvalue weighted by Gasteiger charge is -2.32. The Labute approximate surface area is 114 Å². The van der Waals surface area contributed by atoms with E-state index in [4.69, 9.17) is 15.0 Å². The van der Waals surface area contributed by atoms with Crippen molar-refractivity contribution in [3.8, 4) is 0 Å². The summed E-state index contributed by atoms with van der Waals surface area (Å²) in [5.41, 5.74) is 6.81. The highest BCUT2D eigenvalue weighted by Gasteiger charge is 2.51. The number of nitrogen functional groups attached to an aromatic ring is 1. The molecule has 0 amide bonds. The number of carbonyl (C=O) groups excluding carboxylic acids is 1. The Morgan fingerprint density at radius 2 is 1.68 bits per heavy atom. The maximum atomic E-state index is 11.5. The summed E-state index contributed by atoms with van der Waals surface area (Å²) in [6.07, 6.45) is 0. The van der Waals surface area contributed by atoms with E-state index in [2.05, 4.69) is 0 Å². The van der Waals surface area contributed by atoms with E-state index in [1.165, 1.54) is 6.92 Å². The third-order valence-electron chi connectivity index (χ3n) is 3.98. The molecule has 1 aliphatic rings. The molecule has 5 heteroatoms. The summed E-state index contributed by atoms with van der Waals surface area (Å²) in [4.78, 5) is 11.5. The van der Waals surface area contributed by atoms with Gasteiger partial charge in [-0.05, 0) is 52.2 Å². The van der Waals surface area contributed by atoms with Gasteiger partial charge in [-0.1, -0.05) is 6.07 Å². The fourth-order valence-electron chi connectivity index (χ4n) is 2.00. The summed E-state index contributed by atoms with van der Waals surface area (Å²) in [7, 11) is -0.469. The van der Waals surface area contributed by atoms with E-state index in [0.29, 0.717) is 11.3 Å². The van der Waals surface area contributed by atoms with Gasteiger partial charge in [0, 0.05) is 11.3 Å². The number of anilines is 1. The van der Waals surface area contributed by atoms with Gasteiger partial charge in [0.05, 0.1) is 11.2 Å². The first kappa shape index (κ1) is 14.1. The first-order chi connectivity index (χ1) is 8.64. The molecule has 2 rings (SSSR count). The molecule has 0 unspecified atom stereocenters. The standard InChI is InChI=1S/C14H20BNO3/c1-9(17)11-8-10(6-7-12(11)16)15-18-13(2,3)14(4,5)19-15/h6-8H,16H2,1-5H3. The van der Waals surface area contributed by atoms with E-state index < -0.39 is 18.3 Å². The lowest BCUT2D eigenvalue weighted by atomic mass is 9.78. The number of hydrogen-bond donors (Lipinski definition) is 1. The monoisotopic (exact) mass is 261 g/mol. The van der Waals surface area contributed by atoms with Crippen molar-refractivity contribution in [2.24, 2.45) is 0 Å². The summed E-state index contributed by atoms with van der Waals surface area (Å²) < 4.78 is 11.9. The van der Waals surface area contributed by atoms with Crippen LogP contribution < -0.4 is 11.2 Å². The Balaban J connectivity index is 2.35. The summed E-state index contributed by atoms with van der Waals surface area (Å²) in [5, 5.41) is 0. The molecule has 19 heavy (non-hydrogen) atoms. The Morgan fingerprint density at radius 1 is 1.16 bits per heavy atom. The number of rotatable bonds is 2. The molecule has 0 atom stereocenters. The van der Waals surface area contributed by atoms with Crippen molar-refractivity contribution in [1.82, 2.24) is 0 Å². The molecule has 2 N–H and O–H groups in total. The predicted octanol–water partition coefficient (Wildman–Crippen LogP) is 1.77. The maximum Gasteiger partial charge on any atom is 0.494 e. The first-order valence-electron chi connectivity index (χ1n) is 6.40. The zero-order valence-corrected chi connectivity index (χ0v) is 12.1. The number of benzene rings is 1. The summed E-state index contributed by atoms with van der Waals surface area (Å²) >= 11 is 0. The number of carbonyl (C=O) groups is 1. The van der Waals surface area contributed by atoms with Crippen molar-refractivity contribution in [2.45, 2.75) is 45.8 Å². The van der Waals surface area contributed by atoms with Gasteiger partial charge in [-0.15, -0.1) is 0 Å². The third kappa shape index (κ3) is 2.40. The van der Waals surface area contributed by atoms with Gasteiger partial charge in [0.1, 0.15) is 0 Å². The van der Waals surface area contributed by atoms with Gasteiger partial charge in [0.25, 0.3) is 0 Å². The molecule has 1 aromatic carbocycles. The molecule has 102 valence electrons. The molecule has 1 fully saturated rings. The van der Waals surface area contributed by atoms with Crippen LogP contribution in [-0.2, 0) is 9.31 Å². The maximum absolute atomic E-state index is 11.5. The SMILES string of the molecule is CC(=O)c1cc(B2OC(C)(C)C(C)(C)O2)ccc1N. The van der Waals surface area contributed by atoms with Crippen molar-refractivity contribution in [1.29, 1.82) is 0 Å². The molecule has 0 radical (unpaired) electrons. The van der Waals surface area contributed by atoms with Crippen LogP contribution >= 0.6 is 0 Å². The van der Waals surface area contributed by atoms with E-state index in [1.54, 1.807) is 12.1 Å². The highest BCUT2D eigenvalue weighted by molar-refractivity contribution is 6.62. The average Bonchev–Trinajstić information content (AvgIpc) is 2.48. The van der Waals surface area contributed by atoms with Crippen LogP contribution in [0.1, 0.15) is 45.0 Å². The summed E-state index contributed by atoms with van der Waals surface area (Å²) in [6, 6.07) is 5.31. The van der Waals surface area contributed by atoms with Gasteiger partial charge < -0.3 is 15.0 Å². The zero-order valence-electron chi connectivity index (χ0n) is 12.1. The molecular weight excluding hydrogens is 241 g/mol. The third-order valence-corrected chi connectivity index (χ3v) is 3.98. The van der Waals surface area contributed by atoms with Crippen molar-refractivity contribution in [3.63, 3.8) is 0 Å². The minimum atomic E-state index is -0.469. The summed E-state index contributed by atoms with van der Waals surface area (Å²) in [5.74, 6) is -0.0594. The van der Waals surface area contributed by atoms with Crippen LogP contribution in [0, 0.1) is 0 Å². The van der Waals surface area contributed by atoms with Gasteiger partial charge in [0.2, 0.25) is 0 Å².